The molecule has 0 amide bonds. The number of hydrogen-bond donors (Lipinski definition) is 1. The molecular weight excluding hydrogens is 262 g/mol. The summed E-state index contributed by atoms with van der Waals surface area (Å²) in [6.45, 7) is 5.57. The Hall–Kier alpha value is -1.25. The Labute approximate surface area is 126 Å². The zero-order valence-corrected chi connectivity index (χ0v) is 13.1. The molecule has 1 unspecified atom stereocenters. The summed E-state index contributed by atoms with van der Waals surface area (Å²) in [5.74, 6) is 1.69. The van der Waals surface area contributed by atoms with Crippen molar-refractivity contribution < 1.29 is 0 Å². The third-order valence-electron chi connectivity index (χ3n) is 3.30. The normalized spacial score (nSPS) is 12.6. The monoisotopic (exact) mass is 285 g/mol. The van der Waals surface area contributed by atoms with E-state index in [0.717, 1.165) is 12.3 Å². The molecule has 20 heavy (non-hydrogen) atoms. The van der Waals surface area contributed by atoms with Gasteiger partial charge in [-0.15, -0.1) is 11.8 Å². The predicted molar refractivity (Wildman–Crippen MR) is 89.2 cm³/mol. The lowest BCUT2D eigenvalue weighted by atomic mass is 9.96. The van der Waals surface area contributed by atoms with Gasteiger partial charge in [0.15, 0.2) is 0 Å². The summed E-state index contributed by atoms with van der Waals surface area (Å²) in [5.41, 5.74) is 1.38. The molecule has 0 spiro atoms. The van der Waals surface area contributed by atoms with E-state index in [9.17, 15) is 0 Å². The number of hydrogen-bond acceptors (Lipinski definition) is 2. The zero-order valence-electron chi connectivity index (χ0n) is 12.3. The summed E-state index contributed by atoms with van der Waals surface area (Å²) >= 11 is 1.91. The summed E-state index contributed by atoms with van der Waals surface area (Å²) in [4.78, 5) is 1.34. The maximum absolute atomic E-state index is 3.68. The van der Waals surface area contributed by atoms with Crippen LogP contribution in [-0.4, -0.2) is 12.3 Å². The van der Waals surface area contributed by atoms with Crippen LogP contribution in [0.3, 0.4) is 0 Å². The van der Waals surface area contributed by atoms with Gasteiger partial charge >= 0.3 is 0 Å². The Morgan fingerprint density at radius 3 is 2.10 bits per heavy atom. The van der Waals surface area contributed by atoms with Crippen LogP contribution >= 0.6 is 11.8 Å². The summed E-state index contributed by atoms with van der Waals surface area (Å²) in [5, 5.41) is 3.68. The average Bonchev–Trinajstić information content (AvgIpc) is 2.49. The van der Waals surface area contributed by atoms with Gasteiger partial charge in [-0.2, -0.15) is 0 Å². The van der Waals surface area contributed by atoms with E-state index in [1.54, 1.807) is 0 Å². The van der Waals surface area contributed by atoms with Crippen LogP contribution in [0, 0.1) is 5.92 Å². The van der Waals surface area contributed by atoms with Crippen LogP contribution in [0.15, 0.2) is 65.6 Å². The summed E-state index contributed by atoms with van der Waals surface area (Å²) in [7, 11) is 0. The fourth-order valence-electron chi connectivity index (χ4n) is 2.30. The van der Waals surface area contributed by atoms with E-state index in [0.29, 0.717) is 12.0 Å². The molecule has 0 aliphatic heterocycles. The topological polar surface area (TPSA) is 12.0 Å². The second-order valence-electron chi connectivity index (χ2n) is 5.25. The summed E-state index contributed by atoms with van der Waals surface area (Å²) in [6, 6.07) is 21.8. The molecule has 0 aromatic heterocycles. The highest BCUT2D eigenvalue weighted by atomic mass is 32.2. The van der Waals surface area contributed by atoms with Gasteiger partial charge < -0.3 is 5.32 Å². The molecule has 0 bridgehead atoms. The van der Waals surface area contributed by atoms with Crippen molar-refractivity contribution in [1.82, 2.24) is 5.32 Å². The van der Waals surface area contributed by atoms with E-state index in [2.05, 4.69) is 79.8 Å². The maximum atomic E-state index is 3.68. The van der Waals surface area contributed by atoms with E-state index < -0.39 is 0 Å². The Kier molecular flexibility index (Phi) is 6.16. The molecule has 0 heterocycles. The third kappa shape index (κ3) is 4.69. The summed E-state index contributed by atoms with van der Waals surface area (Å²) < 4.78 is 0. The van der Waals surface area contributed by atoms with Gasteiger partial charge in [0, 0.05) is 23.2 Å². The number of nitrogens with one attached hydrogen (secondary N) is 1. The molecule has 1 nitrogen and oxygen atoms in total. The minimum Gasteiger partial charge on any atom is -0.309 e. The SMILES string of the molecule is CC(C)C(NCCSc1ccccc1)c1ccccc1. The standard InChI is InChI=1S/C18H23NS/c1-15(2)18(16-9-5-3-6-10-16)19-13-14-20-17-11-7-4-8-12-17/h3-12,15,18-19H,13-14H2,1-2H3. The molecule has 1 atom stereocenters. The Morgan fingerprint density at radius 1 is 0.900 bits per heavy atom. The first-order valence-corrected chi connectivity index (χ1v) is 8.22. The van der Waals surface area contributed by atoms with Gasteiger partial charge in [-0.25, -0.2) is 0 Å². The van der Waals surface area contributed by atoms with Gasteiger partial charge in [-0.1, -0.05) is 62.4 Å². The molecule has 0 fully saturated rings. The largest absolute Gasteiger partial charge is 0.309 e. The fraction of sp³-hybridized carbons (Fsp3) is 0.333. The summed E-state index contributed by atoms with van der Waals surface area (Å²) in [6.07, 6.45) is 0. The van der Waals surface area contributed by atoms with Crippen molar-refractivity contribution in [2.45, 2.75) is 24.8 Å². The first-order chi connectivity index (χ1) is 9.77. The van der Waals surface area contributed by atoms with Gasteiger partial charge in [0.05, 0.1) is 0 Å². The minimum atomic E-state index is 0.438. The molecule has 0 aliphatic carbocycles. The first-order valence-electron chi connectivity index (χ1n) is 7.23. The van der Waals surface area contributed by atoms with Crippen LogP contribution in [0.1, 0.15) is 25.5 Å². The molecule has 0 radical (unpaired) electrons. The van der Waals surface area contributed by atoms with Gasteiger partial charge in [-0.3, -0.25) is 0 Å². The van der Waals surface area contributed by atoms with Crippen LogP contribution in [0.25, 0.3) is 0 Å². The van der Waals surface area contributed by atoms with Crippen LogP contribution in [0.4, 0.5) is 0 Å². The lowest BCUT2D eigenvalue weighted by Crippen LogP contribution is -2.27. The zero-order chi connectivity index (χ0) is 14.2. The van der Waals surface area contributed by atoms with Crippen molar-refractivity contribution in [2.75, 3.05) is 12.3 Å². The number of thioether (sulfide) groups is 1. The van der Waals surface area contributed by atoms with E-state index in [4.69, 9.17) is 0 Å². The van der Waals surface area contributed by atoms with Crippen LogP contribution < -0.4 is 5.32 Å². The van der Waals surface area contributed by atoms with Gasteiger partial charge in [0.25, 0.3) is 0 Å². The van der Waals surface area contributed by atoms with Crippen molar-refractivity contribution in [3.63, 3.8) is 0 Å². The molecule has 2 heteroatoms. The van der Waals surface area contributed by atoms with Crippen molar-refractivity contribution in [3.05, 3.63) is 66.2 Å². The predicted octanol–water partition coefficient (Wildman–Crippen LogP) is 4.77. The molecule has 1 N–H and O–H groups in total. The Bertz CT molecular complexity index is 481. The highest BCUT2D eigenvalue weighted by molar-refractivity contribution is 7.99. The van der Waals surface area contributed by atoms with E-state index >= 15 is 0 Å². The van der Waals surface area contributed by atoms with Crippen LogP contribution in [0.5, 0.6) is 0 Å². The number of rotatable bonds is 7. The van der Waals surface area contributed by atoms with Gasteiger partial charge in [0.2, 0.25) is 0 Å². The van der Waals surface area contributed by atoms with Crippen LogP contribution in [-0.2, 0) is 0 Å². The third-order valence-corrected chi connectivity index (χ3v) is 4.32. The highest BCUT2D eigenvalue weighted by Gasteiger charge is 2.14. The number of benzene rings is 2. The van der Waals surface area contributed by atoms with E-state index in [-0.39, 0.29) is 0 Å². The Balaban J connectivity index is 1.82. The highest BCUT2D eigenvalue weighted by Crippen LogP contribution is 2.22. The molecule has 2 aromatic rings. The first kappa shape index (κ1) is 15.1. The average molecular weight is 285 g/mol. The van der Waals surface area contributed by atoms with E-state index in [1.807, 2.05) is 11.8 Å². The molecule has 0 aliphatic rings. The molecule has 0 saturated carbocycles. The quantitative estimate of drug-likeness (QED) is 0.581. The molecular formula is C18H23NS. The van der Waals surface area contributed by atoms with Gasteiger partial charge in [0.1, 0.15) is 0 Å². The smallest absolute Gasteiger partial charge is 0.0343 e. The second-order valence-corrected chi connectivity index (χ2v) is 6.42. The van der Waals surface area contributed by atoms with Crippen molar-refractivity contribution in [1.29, 1.82) is 0 Å². The minimum absolute atomic E-state index is 0.438. The van der Waals surface area contributed by atoms with Crippen molar-refractivity contribution in [3.8, 4) is 0 Å². The van der Waals surface area contributed by atoms with Gasteiger partial charge in [-0.05, 0) is 23.6 Å². The molecule has 0 saturated heterocycles. The van der Waals surface area contributed by atoms with Crippen LogP contribution in [0.2, 0.25) is 0 Å². The van der Waals surface area contributed by atoms with Crippen molar-refractivity contribution in [2.24, 2.45) is 5.92 Å². The maximum Gasteiger partial charge on any atom is 0.0343 e. The van der Waals surface area contributed by atoms with E-state index in [1.165, 1.54) is 10.5 Å². The Morgan fingerprint density at radius 2 is 1.50 bits per heavy atom. The fourth-order valence-corrected chi connectivity index (χ4v) is 3.10. The molecule has 2 rings (SSSR count). The lowest BCUT2D eigenvalue weighted by Gasteiger charge is -2.23. The molecule has 2 aromatic carbocycles. The van der Waals surface area contributed by atoms with Crippen molar-refractivity contribution >= 4 is 11.8 Å². The molecule has 106 valence electrons. The lowest BCUT2D eigenvalue weighted by molar-refractivity contribution is 0.423. The second kappa shape index (κ2) is 8.13.